The molecule has 1 N–H and O–H groups in total. The first-order valence-electron chi connectivity index (χ1n) is 6.75. The zero-order chi connectivity index (χ0) is 16.3. The molecular formula is C14H16N2O6. The van der Waals surface area contributed by atoms with Crippen molar-refractivity contribution in [2.45, 2.75) is 19.4 Å². The van der Waals surface area contributed by atoms with Crippen LogP contribution in [0.4, 0.5) is 5.69 Å². The van der Waals surface area contributed by atoms with Gasteiger partial charge in [0.1, 0.15) is 0 Å². The van der Waals surface area contributed by atoms with Crippen LogP contribution in [0.3, 0.4) is 0 Å². The van der Waals surface area contributed by atoms with E-state index in [1.54, 1.807) is 6.92 Å². The average molecular weight is 308 g/mol. The van der Waals surface area contributed by atoms with Crippen LogP contribution in [-0.4, -0.2) is 52.6 Å². The zero-order valence-electron chi connectivity index (χ0n) is 12.0. The van der Waals surface area contributed by atoms with Crippen LogP contribution >= 0.6 is 0 Å². The van der Waals surface area contributed by atoms with Crippen LogP contribution in [0.2, 0.25) is 0 Å². The number of carbonyl (C=O) groups excluding carboxylic acids is 1. The molecule has 0 aliphatic carbocycles. The summed E-state index contributed by atoms with van der Waals surface area (Å²) in [5.74, 6) is -1.35. The summed E-state index contributed by atoms with van der Waals surface area (Å²) in [5, 5.41) is 19.7. The predicted molar refractivity (Wildman–Crippen MR) is 75.7 cm³/mol. The quantitative estimate of drug-likeness (QED) is 0.661. The fourth-order valence-corrected chi connectivity index (χ4v) is 2.45. The van der Waals surface area contributed by atoms with Crippen LogP contribution in [0.15, 0.2) is 18.2 Å². The third-order valence-corrected chi connectivity index (χ3v) is 3.54. The number of ether oxygens (including phenoxy) is 1. The van der Waals surface area contributed by atoms with Crippen LogP contribution in [0, 0.1) is 17.0 Å². The lowest BCUT2D eigenvalue weighted by atomic mass is 10.1. The van der Waals surface area contributed by atoms with Crippen molar-refractivity contribution in [2.75, 3.05) is 19.8 Å². The molecule has 8 heteroatoms. The molecular weight excluding hydrogens is 292 g/mol. The molecule has 1 atom stereocenters. The Morgan fingerprint density at radius 1 is 1.50 bits per heavy atom. The summed E-state index contributed by atoms with van der Waals surface area (Å²) in [5.41, 5.74) is 0.639. The Kier molecular flexibility index (Phi) is 4.71. The molecule has 1 saturated heterocycles. The Hall–Kier alpha value is -2.48. The summed E-state index contributed by atoms with van der Waals surface area (Å²) in [6.45, 7) is 2.37. The molecule has 1 aliphatic heterocycles. The van der Waals surface area contributed by atoms with Gasteiger partial charge < -0.3 is 14.7 Å². The van der Waals surface area contributed by atoms with Crippen molar-refractivity contribution < 1.29 is 24.4 Å². The van der Waals surface area contributed by atoms with Crippen LogP contribution in [-0.2, 0) is 9.53 Å². The molecule has 0 saturated carbocycles. The van der Waals surface area contributed by atoms with Gasteiger partial charge in [0.2, 0.25) is 0 Å². The molecule has 0 aromatic heterocycles. The minimum Gasteiger partial charge on any atom is -0.481 e. The lowest BCUT2D eigenvalue weighted by molar-refractivity contribution is -0.385. The van der Waals surface area contributed by atoms with E-state index in [9.17, 15) is 19.7 Å². The molecule has 118 valence electrons. The van der Waals surface area contributed by atoms with Crippen LogP contribution in [0.1, 0.15) is 22.3 Å². The van der Waals surface area contributed by atoms with Crippen LogP contribution < -0.4 is 0 Å². The van der Waals surface area contributed by atoms with Gasteiger partial charge in [0.15, 0.2) is 0 Å². The molecule has 1 amide bonds. The standard InChI is InChI=1S/C14H16N2O6/c1-9-6-10(2-3-12(9)16(20)21)14(19)15-4-5-22-8-11(15)7-13(17)18/h2-3,6,11H,4-5,7-8H2,1H3,(H,17,18). The number of amides is 1. The first-order chi connectivity index (χ1) is 10.4. The number of rotatable bonds is 4. The van der Waals surface area contributed by atoms with Gasteiger partial charge in [-0.15, -0.1) is 0 Å². The second-order valence-corrected chi connectivity index (χ2v) is 5.08. The number of benzene rings is 1. The van der Waals surface area contributed by atoms with Crippen molar-refractivity contribution in [1.82, 2.24) is 4.90 Å². The first-order valence-corrected chi connectivity index (χ1v) is 6.75. The zero-order valence-corrected chi connectivity index (χ0v) is 12.0. The number of nitro benzene ring substituents is 1. The third kappa shape index (κ3) is 3.40. The van der Waals surface area contributed by atoms with Gasteiger partial charge in [-0.25, -0.2) is 0 Å². The fourth-order valence-electron chi connectivity index (χ4n) is 2.45. The molecule has 0 radical (unpaired) electrons. The maximum absolute atomic E-state index is 12.5. The average Bonchev–Trinajstić information content (AvgIpc) is 2.46. The molecule has 1 heterocycles. The summed E-state index contributed by atoms with van der Waals surface area (Å²) >= 11 is 0. The highest BCUT2D eigenvalue weighted by Gasteiger charge is 2.30. The highest BCUT2D eigenvalue weighted by Crippen LogP contribution is 2.21. The lowest BCUT2D eigenvalue weighted by Gasteiger charge is -2.34. The van der Waals surface area contributed by atoms with Gasteiger partial charge >= 0.3 is 5.97 Å². The van der Waals surface area contributed by atoms with Gasteiger partial charge in [0.25, 0.3) is 11.6 Å². The second-order valence-electron chi connectivity index (χ2n) is 5.08. The largest absolute Gasteiger partial charge is 0.481 e. The van der Waals surface area contributed by atoms with Crippen molar-refractivity contribution in [2.24, 2.45) is 0 Å². The minimum atomic E-state index is -1.01. The van der Waals surface area contributed by atoms with Gasteiger partial charge in [-0.1, -0.05) is 0 Å². The number of aryl methyl sites for hydroxylation is 1. The van der Waals surface area contributed by atoms with E-state index in [0.29, 0.717) is 24.3 Å². The van der Waals surface area contributed by atoms with E-state index < -0.39 is 16.9 Å². The highest BCUT2D eigenvalue weighted by atomic mass is 16.6. The van der Waals surface area contributed by atoms with Crippen molar-refractivity contribution in [1.29, 1.82) is 0 Å². The number of hydrogen-bond acceptors (Lipinski definition) is 5. The van der Waals surface area contributed by atoms with Gasteiger partial charge in [0.05, 0.1) is 30.6 Å². The number of hydrogen-bond donors (Lipinski definition) is 1. The van der Waals surface area contributed by atoms with Gasteiger partial charge in [-0.2, -0.15) is 0 Å². The minimum absolute atomic E-state index is 0.0550. The summed E-state index contributed by atoms with van der Waals surface area (Å²) in [6.07, 6.45) is -0.197. The number of morpholine rings is 1. The number of carboxylic acid groups (broad SMARTS) is 1. The van der Waals surface area contributed by atoms with E-state index in [1.807, 2.05) is 0 Å². The van der Waals surface area contributed by atoms with Crippen molar-refractivity contribution >= 4 is 17.6 Å². The second kappa shape index (κ2) is 6.52. The van der Waals surface area contributed by atoms with Gasteiger partial charge in [-0.3, -0.25) is 19.7 Å². The van der Waals surface area contributed by atoms with Gasteiger partial charge in [-0.05, 0) is 19.1 Å². The molecule has 0 bridgehead atoms. The monoisotopic (exact) mass is 308 g/mol. The Morgan fingerprint density at radius 3 is 2.82 bits per heavy atom. The summed E-state index contributed by atoms with van der Waals surface area (Å²) in [6, 6.07) is 3.60. The Morgan fingerprint density at radius 2 is 2.23 bits per heavy atom. The Bertz CT molecular complexity index is 615. The SMILES string of the molecule is Cc1cc(C(=O)N2CCOCC2CC(=O)O)ccc1[N+](=O)[O-]. The lowest BCUT2D eigenvalue weighted by Crippen LogP contribution is -2.49. The smallest absolute Gasteiger partial charge is 0.305 e. The Balaban J connectivity index is 2.23. The van der Waals surface area contributed by atoms with Crippen molar-refractivity contribution in [3.8, 4) is 0 Å². The third-order valence-electron chi connectivity index (χ3n) is 3.54. The molecule has 1 fully saturated rings. The summed E-state index contributed by atoms with van der Waals surface area (Å²) in [7, 11) is 0. The van der Waals surface area contributed by atoms with E-state index in [0.717, 1.165) is 0 Å². The topological polar surface area (TPSA) is 110 Å². The molecule has 1 aromatic carbocycles. The number of carbonyl (C=O) groups is 2. The van der Waals surface area contributed by atoms with Crippen LogP contribution in [0.5, 0.6) is 0 Å². The molecule has 1 aliphatic rings. The maximum atomic E-state index is 12.5. The van der Waals surface area contributed by atoms with Gasteiger partial charge in [0, 0.05) is 23.7 Å². The first kappa shape index (κ1) is 15.9. The molecule has 0 spiro atoms. The van der Waals surface area contributed by atoms with E-state index in [2.05, 4.69) is 0 Å². The van der Waals surface area contributed by atoms with Crippen LogP contribution in [0.25, 0.3) is 0 Å². The molecule has 1 unspecified atom stereocenters. The van der Waals surface area contributed by atoms with E-state index in [1.165, 1.54) is 23.1 Å². The normalized spacial score (nSPS) is 18.0. The van der Waals surface area contributed by atoms with Crippen molar-refractivity contribution in [3.05, 3.63) is 39.4 Å². The summed E-state index contributed by atoms with van der Waals surface area (Å²) < 4.78 is 5.23. The fraction of sp³-hybridized carbons (Fsp3) is 0.429. The highest BCUT2D eigenvalue weighted by molar-refractivity contribution is 5.95. The summed E-state index contributed by atoms with van der Waals surface area (Å²) in [4.78, 5) is 35.2. The number of nitro groups is 1. The molecule has 2 rings (SSSR count). The van der Waals surface area contributed by atoms with E-state index in [-0.39, 0.29) is 24.6 Å². The van der Waals surface area contributed by atoms with E-state index >= 15 is 0 Å². The number of carboxylic acids is 1. The molecule has 22 heavy (non-hydrogen) atoms. The molecule has 8 nitrogen and oxygen atoms in total. The number of aliphatic carboxylic acids is 1. The molecule has 1 aromatic rings. The van der Waals surface area contributed by atoms with Crippen molar-refractivity contribution in [3.63, 3.8) is 0 Å². The Labute approximate surface area is 126 Å². The van der Waals surface area contributed by atoms with E-state index in [4.69, 9.17) is 9.84 Å². The predicted octanol–water partition coefficient (Wildman–Crippen LogP) is 1.22. The number of nitrogens with zero attached hydrogens (tertiary/aromatic N) is 2. The maximum Gasteiger partial charge on any atom is 0.305 e.